The minimum atomic E-state index is -3.16. The van der Waals surface area contributed by atoms with Crippen LogP contribution >= 0.6 is 0 Å². The predicted molar refractivity (Wildman–Crippen MR) is 107 cm³/mol. The topological polar surface area (TPSA) is 86.8 Å². The summed E-state index contributed by atoms with van der Waals surface area (Å²) in [6.07, 6.45) is 2.71. The molecule has 8 heteroatoms. The highest BCUT2D eigenvalue weighted by atomic mass is 32.2. The van der Waals surface area contributed by atoms with E-state index in [1.54, 1.807) is 6.92 Å². The molecule has 2 aliphatic rings. The van der Waals surface area contributed by atoms with Gasteiger partial charge in [0.25, 0.3) is 0 Å². The third-order valence-corrected chi connectivity index (χ3v) is 7.50. The van der Waals surface area contributed by atoms with Gasteiger partial charge in [0, 0.05) is 45.1 Å². The summed E-state index contributed by atoms with van der Waals surface area (Å²) < 4.78 is 25.3. The minimum Gasteiger partial charge on any atom is -0.352 e. The first-order valence-electron chi connectivity index (χ1n) is 10.00. The third-order valence-electron chi connectivity index (χ3n) is 5.62. The molecule has 1 aromatic carbocycles. The van der Waals surface area contributed by atoms with Gasteiger partial charge in [0.2, 0.25) is 21.8 Å². The lowest BCUT2D eigenvalue weighted by molar-refractivity contribution is -0.128. The molecule has 0 bridgehead atoms. The molecule has 2 amide bonds. The fraction of sp³-hybridized carbons (Fsp3) is 0.600. The van der Waals surface area contributed by atoms with Crippen LogP contribution in [0.5, 0.6) is 0 Å². The van der Waals surface area contributed by atoms with Gasteiger partial charge in [0.05, 0.1) is 5.75 Å². The molecule has 154 valence electrons. The summed E-state index contributed by atoms with van der Waals surface area (Å²) in [6.45, 7) is 4.40. The molecule has 2 fully saturated rings. The van der Waals surface area contributed by atoms with Crippen LogP contribution in [0.4, 0.5) is 0 Å². The molecule has 1 aromatic rings. The van der Waals surface area contributed by atoms with E-state index in [0.717, 1.165) is 24.1 Å². The van der Waals surface area contributed by atoms with E-state index in [-0.39, 0.29) is 23.5 Å². The van der Waals surface area contributed by atoms with Crippen molar-refractivity contribution in [2.75, 3.05) is 25.4 Å². The number of hydrogen-bond donors (Lipinski definition) is 1. The highest BCUT2D eigenvalue weighted by Gasteiger charge is 2.30. The van der Waals surface area contributed by atoms with Crippen molar-refractivity contribution in [1.29, 1.82) is 0 Å². The summed E-state index contributed by atoms with van der Waals surface area (Å²) in [4.78, 5) is 26.0. The van der Waals surface area contributed by atoms with Gasteiger partial charge in [-0.3, -0.25) is 9.59 Å². The summed E-state index contributed by atoms with van der Waals surface area (Å²) in [5.41, 5.74) is 2.10. The van der Waals surface area contributed by atoms with E-state index in [1.807, 2.05) is 29.2 Å². The maximum Gasteiger partial charge on any atom is 0.223 e. The van der Waals surface area contributed by atoms with Gasteiger partial charge in [-0.2, -0.15) is 0 Å². The highest BCUT2D eigenvalue weighted by Crippen LogP contribution is 2.20. The Bertz CT molecular complexity index is 799. The molecule has 2 aliphatic heterocycles. The van der Waals surface area contributed by atoms with Crippen LogP contribution in [0.15, 0.2) is 24.3 Å². The van der Waals surface area contributed by atoms with E-state index in [1.165, 1.54) is 4.31 Å². The molecular formula is C20H29N3O4S. The van der Waals surface area contributed by atoms with E-state index >= 15 is 0 Å². The lowest BCUT2D eigenvalue weighted by Gasteiger charge is -2.30. The van der Waals surface area contributed by atoms with E-state index in [4.69, 9.17) is 0 Å². The summed E-state index contributed by atoms with van der Waals surface area (Å²) >= 11 is 0. The average Bonchev–Trinajstić information content (AvgIpc) is 3.11. The Kier molecular flexibility index (Phi) is 6.72. The fourth-order valence-corrected chi connectivity index (χ4v) is 4.90. The minimum absolute atomic E-state index is 0.0136. The van der Waals surface area contributed by atoms with Crippen LogP contribution in [-0.2, 0) is 32.7 Å². The Morgan fingerprint density at radius 2 is 1.75 bits per heavy atom. The van der Waals surface area contributed by atoms with Crippen molar-refractivity contribution in [3.8, 4) is 0 Å². The molecule has 0 unspecified atom stereocenters. The van der Waals surface area contributed by atoms with Gasteiger partial charge < -0.3 is 10.2 Å². The van der Waals surface area contributed by atoms with Crippen molar-refractivity contribution in [3.05, 3.63) is 35.4 Å². The third kappa shape index (κ3) is 5.11. The first-order chi connectivity index (χ1) is 13.4. The van der Waals surface area contributed by atoms with Crippen molar-refractivity contribution < 1.29 is 18.0 Å². The van der Waals surface area contributed by atoms with Gasteiger partial charge in [-0.1, -0.05) is 24.3 Å². The van der Waals surface area contributed by atoms with Crippen molar-refractivity contribution in [3.63, 3.8) is 0 Å². The van der Waals surface area contributed by atoms with Gasteiger partial charge >= 0.3 is 0 Å². The summed E-state index contributed by atoms with van der Waals surface area (Å²) in [6, 6.07) is 7.96. The molecule has 0 atom stereocenters. The largest absolute Gasteiger partial charge is 0.352 e. The Labute approximate surface area is 167 Å². The first kappa shape index (κ1) is 20.8. The quantitative estimate of drug-likeness (QED) is 0.742. The number of carbonyl (C=O) groups is 2. The molecule has 0 radical (unpaired) electrons. The smallest absolute Gasteiger partial charge is 0.223 e. The molecule has 0 aliphatic carbocycles. The molecular weight excluding hydrogens is 378 g/mol. The normalized spacial score (nSPS) is 19.2. The monoisotopic (exact) mass is 407 g/mol. The Hall–Kier alpha value is -1.93. The summed E-state index contributed by atoms with van der Waals surface area (Å²) in [5.74, 6) is 0.171. The van der Waals surface area contributed by atoms with Crippen molar-refractivity contribution in [2.24, 2.45) is 5.92 Å². The van der Waals surface area contributed by atoms with Gasteiger partial charge in [-0.05, 0) is 37.3 Å². The number of carbonyl (C=O) groups excluding carboxylic acids is 2. The number of piperidine rings is 1. The van der Waals surface area contributed by atoms with Crippen LogP contribution in [0.2, 0.25) is 0 Å². The zero-order valence-corrected chi connectivity index (χ0v) is 17.2. The number of amides is 2. The van der Waals surface area contributed by atoms with Crippen LogP contribution in [0.3, 0.4) is 0 Å². The molecule has 28 heavy (non-hydrogen) atoms. The number of nitrogens with one attached hydrogen (secondary N) is 1. The van der Waals surface area contributed by atoms with Crippen LogP contribution in [0.1, 0.15) is 43.7 Å². The predicted octanol–water partition coefficient (Wildman–Crippen LogP) is 1.49. The molecule has 3 rings (SSSR count). The lowest BCUT2D eigenvalue weighted by Crippen LogP contribution is -2.43. The zero-order valence-electron chi connectivity index (χ0n) is 16.4. The number of likely N-dealkylation sites (tertiary alicyclic amines) is 1. The van der Waals surface area contributed by atoms with E-state index in [0.29, 0.717) is 45.4 Å². The van der Waals surface area contributed by atoms with Crippen molar-refractivity contribution in [2.45, 2.75) is 45.7 Å². The van der Waals surface area contributed by atoms with Gasteiger partial charge in [0.15, 0.2) is 0 Å². The SMILES string of the molecule is CCS(=O)(=O)N1CCC(C(=O)NCc2ccc(CN3CCCC3=O)cc2)CC1. The number of benzene rings is 1. The van der Waals surface area contributed by atoms with E-state index in [9.17, 15) is 18.0 Å². The standard InChI is InChI=1S/C20H29N3O4S/c1-2-28(26,27)23-12-9-18(10-13-23)20(25)21-14-16-5-7-17(8-6-16)15-22-11-3-4-19(22)24/h5-8,18H,2-4,9-15H2,1H3,(H,21,25). The van der Waals surface area contributed by atoms with Gasteiger partial charge in [-0.15, -0.1) is 0 Å². The Balaban J connectivity index is 1.44. The maximum absolute atomic E-state index is 12.4. The molecule has 0 spiro atoms. The molecule has 1 N–H and O–H groups in total. The van der Waals surface area contributed by atoms with E-state index < -0.39 is 10.0 Å². The highest BCUT2D eigenvalue weighted by molar-refractivity contribution is 7.89. The Morgan fingerprint density at radius 3 is 2.32 bits per heavy atom. The number of rotatable bonds is 7. The lowest BCUT2D eigenvalue weighted by atomic mass is 9.97. The second kappa shape index (κ2) is 9.05. The molecule has 0 aromatic heterocycles. The van der Waals surface area contributed by atoms with Gasteiger partial charge in [0.1, 0.15) is 0 Å². The van der Waals surface area contributed by atoms with E-state index in [2.05, 4.69) is 5.32 Å². The maximum atomic E-state index is 12.4. The van der Waals surface area contributed by atoms with Crippen molar-refractivity contribution in [1.82, 2.24) is 14.5 Å². The number of sulfonamides is 1. The molecule has 7 nitrogen and oxygen atoms in total. The second-order valence-electron chi connectivity index (χ2n) is 7.53. The van der Waals surface area contributed by atoms with Crippen LogP contribution < -0.4 is 5.32 Å². The number of hydrogen-bond acceptors (Lipinski definition) is 4. The summed E-state index contributed by atoms with van der Waals surface area (Å²) in [5, 5.41) is 2.96. The van der Waals surface area contributed by atoms with Crippen LogP contribution in [-0.4, -0.2) is 54.8 Å². The number of nitrogens with zero attached hydrogens (tertiary/aromatic N) is 2. The molecule has 2 heterocycles. The average molecular weight is 408 g/mol. The van der Waals surface area contributed by atoms with Crippen LogP contribution in [0, 0.1) is 5.92 Å². The Morgan fingerprint density at radius 1 is 1.11 bits per heavy atom. The zero-order chi connectivity index (χ0) is 20.1. The molecule has 2 saturated heterocycles. The fourth-order valence-electron chi connectivity index (χ4n) is 3.77. The first-order valence-corrected chi connectivity index (χ1v) is 11.6. The van der Waals surface area contributed by atoms with Crippen molar-refractivity contribution >= 4 is 21.8 Å². The molecule has 0 saturated carbocycles. The summed E-state index contributed by atoms with van der Waals surface area (Å²) in [7, 11) is -3.16. The van der Waals surface area contributed by atoms with Gasteiger partial charge in [-0.25, -0.2) is 12.7 Å². The second-order valence-corrected chi connectivity index (χ2v) is 9.78. The van der Waals surface area contributed by atoms with Crippen LogP contribution in [0.25, 0.3) is 0 Å².